The number of aliphatic hydroxyl groups excluding tert-OH is 1. The van der Waals surface area contributed by atoms with Crippen molar-refractivity contribution in [2.75, 3.05) is 26.2 Å². The fraction of sp³-hybridized carbons (Fsp3) is 0.600. The van der Waals surface area contributed by atoms with Gasteiger partial charge in [0.1, 0.15) is 0 Å². The first-order valence-electron chi connectivity index (χ1n) is 6.76. The van der Waals surface area contributed by atoms with Gasteiger partial charge in [-0.1, -0.05) is 37.3 Å². The Labute approximate surface area is 109 Å². The summed E-state index contributed by atoms with van der Waals surface area (Å²) in [4.78, 5) is 2.32. The standard InChI is InChI=1S/C15H23NO2/c1-13-7-8-16(9-13)10-15(17)12-18-11-14-5-3-2-4-6-14/h2-6,13,15,17H,7-12H2,1H3. The maximum Gasteiger partial charge on any atom is 0.0900 e. The van der Waals surface area contributed by atoms with Crippen LogP contribution in [-0.2, 0) is 11.3 Å². The van der Waals surface area contributed by atoms with Crippen molar-refractivity contribution in [3.8, 4) is 0 Å². The summed E-state index contributed by atoms with van der Waals surface area (Å²) < 4.78 is 5.54. The van der Waals surface area contributed by atoms with E-state index in [0.717, 1.165) is 31.1 Å². The molecular formula is C15H23NO2. The highest BCUT2D eigenvalue weighted by molar-refractivity contribution is 5.13. The molecule has 1 aliphatic rings. The topological polar surface area (TPSA) is 32.7 Å². The van der Waals surface area contributed by atoms with Gasteiger partial charge in [-0.25, -0.2) is 0 Å². The molecule has 0 spiro atoms. The van der Waals surface area contributed by atoms with Crippen molar-refractivity contribution in [1.82, 2.24) is 4.90 Å². The molecule has 100 valence electrons. The largest absolute Gasteiger partial charge is 0.389 e. The van der Waals surface area contributed by atoms with Gasteiger partial charge in [0.25, 0.3) is 0 Å². The minimum absolute atomic E-state index is 0.376. The second kappa shape index (κ2) is 6.88. The van der Waals surface area contributed by atoms with Gasteiger partial charge in [0.15, 0.2) is 0 Å². The third-order valence-electron chi connectivity index (χ3n) is 3.40. The van der Waals surface area contributed by atoms with E-state index in [0.29, 0.717) is 13.2 Å². The molecular weight excluding hydrogens is 226 g/mol. The van der Waals surface area contributed by atoms with Crippen molar-refractivity contribution < 1.29 is 9.84 Å². The number of β-amino-alcohol motifs (C(OH)–C–C–N with tert-alkyl or cyclic N) is 1. The molecule has 0 saturated carbocycles. The zero-order chi connectivity index (χ0) is 12.8. The molecule has 18 heavy (non-hydrogen) atoms. The van der Waals surface area contributed by atoms with Crippen LogP contribution in [0.4, 0.5) is 0 Å². The van der Waals surface area contributed by atoms with Gasteiger partial charge >= 0.3 is 0 Å². The average molecular weight is 249 g/mol. The van der Waals surface area contributed by atoms with Crippen molar-refractivity contribution in [3.63, 3.8) is 0 Å². The SMILES string of the molecule is CC1CCN(CC(O)COCc2ccccc2)C1. The predicted octanol–water partition coefficient (Wildman–Crippen LogP) is 1.91. The summed E-state index contributed by atoms with van der Waals surface area (Å²) in [7, 11) is 0. The second-order valence-electron chi connectivity index (χ2n) is 5.31. The lowest BCUT2D eigenvalue weighted by atomic mass is 10.2. The summed E-state index contributed by atoms with van der Waals surface area (Å²) in [5.41, 5.74) is 1.15. The Balaban J connectivity index is 1.61. The molecule has 1 N–H and O–H groups in total. The normalized spacial score (nSPS) is 22.2. The molecule has 1 aromatic rings. The third kappa shape index (κ3) is 4.41. The number of nitrogens with zero attached hydrogens (tertiary/aromatic N) is 1. The van der Waals surface area contributed by atoms with Crippen LogP contribution in [0.3, 0.4) is 0 Å². The summed E-state index contributed by atoms with van der Waals surface area (Å²) in [5.74, 6) is 0.766. The predicted molar refractivity (Wildman–Crippen MR) is 72.3 cm³/mol. The third-order valence-corrected chi connectivity index (χ3v) is 3.40. The Hall–Kier alpha value is -0.900. The summed E-state index contributed by atoms with van der Waals surface area (Å²) in [6.45, 7) is 6.21. The molecule has 3 heteroatoms. The van der Waals surface area contributed by atoms with E-state index in [-0.39, 0.29) is 6.10 Å². The van der Waals surface area contributed by atoms with E-state index in [9.17, 15) is 5.11 Å². The van der Waals surface area contributed by atoms with E-state index in [4.69, 9.17) is 4.74 Å². The van der Waals surface area contributed by atoms with Crippen molar-refractivity contribution >= 4 is 0 Å². The molecule has 0 aromatic heterocycles. The molecule has 0 radical (unpaired) electrons. The quantitative estimate of drug-likeness (QED) is 0.836. The summed E-state index contributed by atoms with van der Waals surface area (Å²) in [5, 5.41) is 9.91. The number of hydrogen-bond acceptors (Lipinski definition) is 3. The van der Waals surface area contributed by atoms with Crippen molar-refractivity contribution in [2.45, 2.75) is 26.1 Å². The van der Waals surface area contributed by atoms with Gasteiger partial charge in [0.2, 0.25) is 0 Å². The maximum absolute atomic E-state index is 9.91. The monoisotopic (exact) mass is 249 g/mol. The van der Waals surface area contributed by atoms with Gasteiger partial charge in [-0.3, -0.25) is 0 Å². The Morgan fingerprint density at radius 1 is 1.39 bits per heavy atom. The Morgan fingerprint density at radius 2 is 2.17 bits per heavy atom. The first-order chi connectivity index (χ1) is 8.74. The van der Waals surface area contributed by atoms with Crippen LogP contribution in [0, 0.1) is 5.92 Å². The lowest BCUT2D eigenvalue weighted by Crippen LogP contribution is -2.33. The van der Waals surface area contributed by atoms with Gasteiger partial charge < -0.3 is 14.7 Å². The van der Waals surface area contributed by atoms with Gasteiger partial charge in [-0.05, 0) is 24.4 Å². The van der Waals surface area contributed by atoms with Gasteiger partial charge in [-0.15, -0.1) is 0 Å². The van der Waals surface area contributed by atoms with Crippen LogP contribution >= 0.6 is 0 Å². The van der Waals surface area contributed by atoms with Crippen molar-refractivity contribution in [2.24, 2.45) is 5.92 Å². The second-order valence-corrected chi connectivity index (χ2v) is 5.31. The summed E-state index contributed by atoms with van der Waals surface area (Å²) >= 11 is 0. The first-order valence-corrected chi connectivity index (χ1v) is 6.76. The molecule has 1 aliphatic heterocycles. The molecule has 0 aliphatic carbocycles. The van der Waals surface area contributed by atoms with E-state index < -0.39 is 0 Å². The fourth-order valence-electron chi connectivity index (χ4n) is 2.43. The molecule has 2 atom stereocenters. The molecule has 3 nitrogen and oxygen atoms in total. The zero-order valence-corrected chi connectivity index (χ0v) is 11.1. The fourth-order valence-corrected chi connectivity index (χ4v) is 2.43. The number of rotatable bonds is 6. The van der Waals surface area contributed by atoms with Crippen LogP contribution in [0.2, 0.25) is 0 Å². The number of hydrogen-bond donors (Lipinski definition) is 1. The van der Waals surface area contributed by atoms with Gasteiger partial charge in [-0.2, -0.15) is 0 Å². The van der Waals surface area contributed by atoms with Crippen LogP contribution in [0.15, 0.2) is 30.3 Å². The van der Waals surface area contributed by atoms with Gasteiger partial charge in [0.05, 0.1) is 19.3 Å². The number of likely N-dealkylation sites (tertiary alicyclic amines) is 1. The Morgan fingerprint density at radius 3 is 2.83 bits per heavy atom. The highest BCUT2D eigenvalue weighted by Gasteiger charge is 2.20. The number of ether oxygens (including phenoxy) is 1. The van der Waals surface area contributed by atoms with Crippen LogP contribution in [0.1, 0.15) is 18.9 Å². The maximum atomic E-state index is 9.91. The molecule has 1 saturated heterocycles. The molecule has 1 aromatic carbocycles. The lowest BCUT2D eigenvalue weighted by molar-refractivity contribution is 0.0130. The molecule has 0 bridgehead atoms. The van der Waals surface area contributed by atoms with Crippen LogP contribution in [0.25, 0.3) is 0 Å². The molecule has 2 unspecified atom stereocenters. The van der Waals surface area contributed by atoms with E-state index in [1.165, 1.54) is 6.42 Å². The van der Waals surface area contributed by atoms with Crippen molar-refractivity contribution in [1.29, 1.82) is 0 Å². The minimum atomic E-state index is -0.376. The molecule has 1 fully saturated rings. The van der Waals surface area contributed by atoms with Gasteiger partial charge in [0, 0.05) is 13.1 Å². The van der Waals surface area contributed by atoms with Crippen LogP contribution in [0.5, 0.6) is 0 Å². The van der Waals surface area contributed by atoms with Crippen LogP contribution < -0.4 is 0 Å². The molecule has 0 amide bonds. The first kappa shape index (κ1) is 13.5. The van der Waals surface area contributed by atoms with E-state index >= 15 is 0 Å². The minimum Gasteiger partial charge on any atom is -0.389 e. The zero-order valence-electron chi connectivity index (χ0n) is 11.1. The average Bonchev–Trinajstić information content (AvgIpc) is 2.76. The Bertz CT molecular complexity index is 342. The number of benzene rings is 1. The van der Waals surface area contributed by atoms with E-state index in [2.05, 4.69) is 11.8 Å². The van der Waals surface area contributed by atoms with E-state index in [1.54, 1.807) is 0 Å². The summed E-state index contributed by atoms with van der Waals surface area (Å²) in [6.07, 6.45) is 0.872. The van der Waals surface area contributed by atoms with Crippen molar-refractivity contribution in [3.05, 3.63) is 35.9 Å². The molecule has 1 heterocycles. The smallest absolute Gasteiger partial charge is 0.0900 e. The highest BCUT2D eigenvalue weighted by Crippen LogP contribution is 2.15. The van der Waals surface area contributed by atoms with Crippen LogP contribution in [-0.4, -0.2) is 42.4 Å². The summed E-state index contributed by atoms with van der Waals surface area (Å²) in [6, 6.07) is 10.1. The highest BCUT2D eigenvalue weighted by atomic mass is 16.5. The number of aliphatic hydroxyl groups is 1. The molecule has 2 rings (SSSR count). The lowest BCUT2D eigenvalue weighted by Gasteiger charge is -2.19. The van der Waals surface area contributed by atoms with E-state index in [1.807, 2.05) is 30.3 Å². The Kier molecular flexibility index (Phi) is 5.17.